The summed E-state index contributed by atoms with van der Waals surface area (Å²) >= 11 is 0. The minimum Gasteiger partial charge on any atom is -0.442 e. The third-order valence-corrected chi connectivity index (χ3v) is 1.97. The number of rotatable bonds is 1. The van der Waals surface area contributed by atoms with Crippen LogP contribution in [0.25, 0.3) is 11.8 Å². The van der Waals surface area contributed by atoms with E-state index in [4.69, 9.17) is 4.42 Å². The molecule has 0 aromatic carbocycles. The van der Waals surface area contributed by atoms with E-state index >= 15 is 0 Å². The number of hydrogen-bond donors (Lipinski definition) is 0. The number of hydrogen-bond acceptors (Lipinski definition) is 3. The van der Waals surface area contributed by atoms with E-state index in [0.717, 1.165) is 10.9 Å². The number of aromatic nitrogens is 1. The first-order valence-electron chi connectivity index (χ1n) is 4.21. The highest BCUT2D eigenvalue weighted by Crippen LogP contribution is 2.08. The largest absolute Gasteiger partial charge is 0.442 e. The van der Waals surface area contributed by atoms with Crippen molar-refractivity contribution in [2.45, 2.75) is 13.8 Å². The molecular formula is C10H10N2O. The first-order chi connectivity index (χ1) is 6.29. The molecule has 0 N–H and O–H groups in total. The molecule has 0 saturated carbocycles. The van der Waals surface area contributed by atoms with E-state index in [1.807, 2.05) is 6.08 Å². The first-order valence-corrected chi connectivity index (χ1v) is 4.21. The van der Waals surface area contributed by atoms with Gasteiger partial charge in [0, 0.05) is 6.08 Å². The van der Waals surface area contributed by atoms with Gasteiger partial charge in [0.25, 0.3) is 0 Å². The molecule has 1 aliphatic rings. The van der Waals surface area contributed by atoms with Gasteiger partial charge in [0.1, 0.15) is 5.35 Å². The predicted octanol–water partition coefficient (Wildman–Crippen LogP) is 0.459. The third kappa shape index (κ3) is 1.34. The van der Waals surface area contributed by atoms with Crippen molar-refractivity contribution in [2.75, 3.05) is 0 Å². The van der Waals surface area contributed by atoms with Gasteiger partial charge in [-0.1, -0.05) is 13.8 Å². The number of fused-ring (bicyclic) bond motifs is 1. The summed E-state index contributed by atoms with van der Waals surface area (Å²) in [5, 5.41) is 0.878. The highest BCUT2D eigenvalue weighted by Gasteiger charge is 2.05. The van der Waals surface area contributed by atoms with Crippen LogP contribution in [0.15, 0.2) is 21.9 Å². The van der Waals surface area contributed by atoms with Gasteiger partial charge in [-0.15, -0.1) is 0 Å². The van der Waals surface area contributed by atoms with Gasteiger partial charge in [-0.3, -0.25) is 0 Å². The predicted molar refractivity (Wildman–Crippen MR) is 50.5 cm³/mol. The monoisotopic (exact) mass is 174 g/mol. The lowest BCUT2D eigenvalue weighted by molar-refractivity contribution is 0.523. The topological polar surface area (TPSA) is 38.4 Å². The maximum absolute atomic E-state index is 5.18. The maximum Gasteiger partial charge on any atom is 0.182 e. The normalized spacial score (nSPS) is 14.2. The molecule has 0 saturated heterocycles. The SMILES string of the molecule is CC(C)C1=c2ncoc2=CN=C=C1. The second-order valence-corrected chi connectivity index (χ2v) is 3.21. The van der Waals surface area contributed by atoms with Crippen LogP contribution in [0.2, 0.25) is 0 Å². The molecule has 3 heteroatoms. The molecule has 0 atom stereocenters. The molecule has 3 nitrogen and oxygen atoms in total. The fourth-order valence-electron chi connectivity index (χ4n) is 1.27. The smallest absolute Gasteiger partial charge is 0.182 e. The van der Waals surface area contributed by atoms with Crippen LogP contribution in [0.5, 0.6) is 0 Å². The second kappa shape index (κ2) is 3.04. The van der Waals surface area contributed by atoms with Crippen LogP contribution >= 0.6 is 0 Å². The molecule has 66 valence electrons. The summed E-state index contributed by atoms with van der Waals surface area (Å²) < 4.78 is 5.18. The lowest BCUT2D eigenvalue weighted by Gasteiger charge is -2.00. The number of aliphatic imine (C=N–C) groups is 1. The maximum atomic E-state index is 5.18. The average Bonchev–Trinajstić information content (AvgIpc) is 2.44. The molecule has 0 unspecified atom stereocenters. The van der Waals surface area contributed by atoms with E-state index in [9.17, 15) is 0 Å². The van der Waals surface area contributed by atoms with Gasteiger partial charge < -0.3 is 4.42 Å². The van der Waals surface area contributed by atoms with E-state index < -0.39 is 0 Å². The number of oxazole rings is 1. The van der Waals surface area contributed by atoms with Gasteiger partial charge in [0.2, 0.25) is 0 Å². The van der Waals surface area contributed by atoms with E-state index in [1.165, 1.54) is 6.39 Å². The highest BCUT2D eigenvalue weighted by atomic mass is 16.3. The Morgan fingerprint density at radius 3 is 3.08 bits per heavy atom. The molecule has 2 rings (SSSR count). The lowest BCUT2D eigenvalue weighted by Crippen LogP contribution is -2.25. The Labute approximate surface area is 75.8 Å². The first kappa shape index (κ1) is 8.02. The average molecular weight is 174 g/mol. The number of allylic oxidation sites excluding steroid dienone is 1. The molecule has 0 radical (unpaired) electrons. The summed E-state index contributed by atoms with van der Waals surface area (Å²) in [6, 6.07) is 0. The van der Waals surface area contributed by atoms with Crippen molar-refractivity contribution in [1.29, 1.82) is 0 Å². The van der Waals surface area contributed by atoms with E-state index in [-0.39, 0.29) is 0 Å². The molecule has 0 bridgehead atoms. The highest BCUT2D eigenvalue weighted by molar-refractivity contribution is 5.74. The zero-order valence-corrected chi connectivity index (χ0v) is 7.61. The third-order valence-electron chi connectivity index (χ3n) is 1.97. The Morgan fingerprint density at radius 1 is 1.46 bits per heavy atom. The Balaban J connectivity index is 2.85. The van der Waals surface area contributed by atoms with Crippen LogP contribution in [-0.2, 0) is 0 Å². The molecule has 0 aliphatic carbocycles. The van der Waals surface area contributed by atoms with Crippen molar-refractivity contribution in [1.82, 2.24) is 4.98 Å². The van der Waals surface area contributed by atoms with Crippen molar-refractivity contribution < 1.29 is 4.42 Å². The molecule has 2 heterocycles. The lowest BCUT2D eigenvalue weighted by atomic mass is 10.0. The standard InChI is InChI=1S/C10H10N2O/c1-7(2)8-3-4-11-5-9-10(8)12-6-13-9/h3,5-7H,1-2H3. The van der Waals surface area contributed by atoms with Crippen molar-refractivity contribution in [3.8, 4) is 0 Å². The van der Waals surface area contributed by atoms with Crippen LogP contribution < -0.4 is 10.8 Å². The van der Waals surface area contributed by atoms with Crippen molar-refractivity contribution in [2.24, 2.45) is 10.9 Å². The van der Waals surface area contributed by atoms with E-state index in [1.54, 1.807) is 6.20 Å². The minimum absolute atomic E-state index is 0.401. The Bertz CT molecular complexity index is 487. The summed E-state index contributed by atoms with van der Waals surface area (Å²) in [5.41, 5.74) is 1.83. The summed E-state index contributed by atoms with van der Waals surface area (Å²) in [4.78, 5) is 8.09. The fraction of sp³-hybridized carbons (Fsp3) is 0.300. The van der Waals surface area contributed by atoms with Crippen molar-refractivity contribution in [3.63, 3.8) is 0 Å². The molecule has 1 aromatic rings. The van der Waals surface area contributed by atoms with Crippen LogP contribution in [0, 0.1) is 5.92 Å². The van der Waals surface area contributed by atoms with Gasteiger partial charge in [0.15, 0.2) is 11.8 Å². The van der Waals surface area contributed by atoms with E-state index in [0.29, 0.717) is 11.3 Å². The summed E-state index contributed by atoms with van der Waals surface area (Å²) in [7, 11) is 0. The van der Waals surface area contributed by atoms with Crippen LogP contribution in [-0.4, -0.2) is 10.9 Å². The molecule has 0 spiro atoms. The molecular weight excluding hydrogens is 164 g/mol. The van der Waals surface area contributed by atoms with Crippen molar-refractivity contribution in [3.05, 3.63) is 23.2 Å². The van der Waals surface area contributed by atoms with Crippen LogP contribution in [0.3, 0.4) is 0 Å². The molecule has 1 aromatic heterocycles. The Morgan fingerprint density at radius 2 is 2.31 bits per heavy atom. The minimum atomic E-state index is 0.401. The van der Waals surface area contributed by atoms with Crippen molar-refractivity contribution >= 4 is 17.6 Å². The Hall–Kier alpha value is -1.60. The zero-order chi connectivity index (χ0) is 9.26. The van der Waals surface area contributed by atoms with Gasteiger partial charge in [-0.25, -0.2) is 9.98 Å². The zero-order valence-electron chi connectivity index (χ0n) is 7.61. The Kier molecular flexibility index (Phi) is 1.87. The van der Waals surface area contributed by atoms with Gasteiger partial charge in [-0.05, 0) is 17.4 Å². The van der Waals surface area contributed by atoms with Gasteiger partial charge >= 0.3 is 0 Å². The van der Waals surface area contributed by atoms with Crippen LogP contribution in [0.4, 0.5) is 0 Å². The van der Waals surface area contributed by atoms with Gasteiger partial charge in [0.05, 0.1) is 6.20 Å². The molecule has 0 amide bonds. The molecule has 0 fully saturated rings. The van der Waals surface area contributed by atoms with Crippen LogP contribution in [0.1, 0.15) is 13.8 Å². The summed E-state index contributed by atoms with van der Waals surface area (Å²) in [6.45, 7) is 4.22. The number of nitrogens with zero attached hydrogens (tertiary/aromatic N) is 2. The molecule has 1 aliphatic heterocycles. The summed E-state index contributed by atoms with van der Waals surface area (Å²) in [6.07, 6.45) is 4.93. The second-order valence-electron chi connectivity index (χ2n) is 3.21. The molecule has 13 heavy (non-hydrogen) atoms. The van der Waals surface area contributed by atoms with Gasteiger partial charge in [-0.2, -0.15) is 0 Å². The van der Waals surface area contributed by atoms with E-state index in [2.05, 4.69) is 29.7 Å². The quantitative estimate of drug-likeness (QED) is 0.620. The fourth-order valence-corrected chi connectivity index (χ4v) is 1.27. The summed E-state index contributed by atoms with van der Waals surface area (Å²) in [5.74, 6) is 3.22.